The van der Waals surface area contributed by atoms with Crippen LogP contribution in [-0.2, 0) is 36.0 Å². The third-order valence-electron chi connectivity index (χ3n) is 5.25. The third-order valence-corrected chi connectivity index (χ3v) is 5.25. The van der Waals surface area contributed by atoms with Crippen LogP contribution >= 0.6 is 0 Å². The van der Waals surface area contributed by atoms with Crippen LogP contribution in [0.4, 0.5) is 0 Å². The summed E-state index contributed by atoms with van der Waals surface area (Å²) < 4.78 is 16.9. The predicted octanol–water partition coefficient (Wildman–Crippen LogP) is 0.860. The van der Waals surface area contributed by atoms with E-state index in [1.807, 2.05) is 0 Å². The molecule has 4 rings (SSSR count). The Morgan fingerprint density at radius 2 is 1.70 bits per heavy atom. The number of aliphatic hydroxyl groups is 1. The summed E-state index contributed by atoms with van der Waals surface area (Å²) in [6.45, 7) is -0.119. The van der Waals surface area contributed by atoms with Crippen LogP contribution in [0.15, 0.2) is 42.5 Å². The topological polar surface area (TPSA) is 143 Å². The van der Waals surface area contributed by atoms with Gasteiger partial charge in [-0.2, -0.15) is 0 Å². The second kappa shape index (κ2) is 7.60. The Labute approximate surface area is 171 Å². The molecule has 2 aliphatic rings. The summed E-state index contributed by atoms with van der Waals surface area (Å²) in [7, 11) is 0. The van der Waals surface area contributed by atoms with E-state index >= 15 is 0 Å². The van der Waals surface area contributed by atoms with E-state index < -0.39 is 35.9 Å². The number of hydrogen-bond donors (Lipinski definition) is 4. The Morgan fingerprint density at radius 1 is 1.00 bits per heavy atom. The molecule has 2 saturated heterocycles. The maximum atomic E-state index is 12.1. The number of Topliss-reactive ketones (excluding diaryl/α,β-unsaturated/α-hetero) is 1. The van der Waals surface area contributed by atoms with Gasteiger partial charge in [0.25, 0.3) is 0 Å². The van der Waals surface area contributed by atoms with Gasteiger partial charge in [0.1, 0.15) is 23.4 Å². The molecule has 0 amide bonds. The molecule has 4 unspecified atom stereocenters. The third kappa shape index (κ3) is 3.58. The van der Waals surface area contributed by atoms with Gasteiger partial charge in [0.2, 0.25) is 11.9 Å². The van der Waals surface area contributed by atoms with E-state index in [9.17, 15) is 30.0 Å². The van der Waals surface area contributed by atoms with E-state index in [0.29, 0.717) is 6.42 Å². The number of ether oxygens (including phenoxy) is 3. The number of benzene rings is 2. The van der Waals surface area contributed by atoms with Gasteiger partial charge in [-0.15, -0.1) is 0 Å². The molecule has 9 nitrogen and oxygen atoms in total. The molecule has 4 N–H and O–H groups in total. The molecule has 30 heavy (non-hydrogen) atoms. The summed E-state index contributed by atoms with van der Waals surface area (Å²) in [5.74, 6) is -3.63. The van der Waals surface area contributed by atoms with Gasteiger partial charge in [-0.1, -0.05) is 12.1 Å². The number of cyclic esters (lactones) is 1. The zero-order valence-corrected chi connectivity index (χ0v) is 15.7. The summed E-state index contributed by atoms with van der Waals surface area (Å²) in [4.78, 5) is 23.7. The maximum absolute atomic E-state index is 12.1. The lowest BCUT2D eigenvalue weighted by molar-refractivity contribution is -0.193. The van der Waals surface area contributed by atoms with Gasteiger partial charge in [0.15, 0.2) is 11.9 Å². The largest absolute Gasteiger partial charge is 0.508 e. The quantitative estimate of drug-likeness (QED) is 0.412. The minimum atomic E-state index is -1.85. The van der Waals surface area contributed by atoms with Gasteiger partial charge >= 0.3 is 5.97 Å². The number of phenols is 3. The van der Waals surface area contributed by atoms with E-state index in [2.05, 4.69) is 0 Å². The molecule has 0 spiro atoms. The minimum Gasteiger partial charge on any atom is -0.508 e. The molecule has 0 aliphatic carbocycles. The SMILES string of the molecule is O=C1OC(C2COC(CCc3ccc(O)cc3)(c3ccc(O)cc3O)O2)C(=O)C1O. The van der Waals surface area contributed by atoms with Crippen molar-refractivity contribution in [2.45, 2.75) is 36.9 Å². The average molecular weight is 416 g/mol. The van der Waals surface area contributed by atoms with E-state index in [4.69, 9.17) is 14.2 Å². The summed E-state index contributed by atoms with van der Waals surface area (Å²) in [5.41, 5.74) is 1.10. The Hall–Kier alpha value is -3.14. The lowest BCUT2D eigenvalue weighted by atomic mass is 9.96. The Morgan fingerprint density at radius 3 is 2.33 bits per heavy atom. The highest BCUT2D eigenvalue weighted by Gasteiger charge is 2.54. The smallest absolute Gasteiger partial charge is 0.343 e. The van der Waals surface area contributed by atoms with Crippen LogP contribution in [-0.4, -0.2) is 57.1 Å². The molecule has 0 bridgehead atoms. The summed E-state index contributed by atoms with van der Waals surface area (Å²) in [5, 5.41) is 39.0. The Kier molecular flexibility index (Phi) is 5.10. The van der Waals surface area contributed by atoms with Gasteiger partial charge < -0.3 is 34.6 Å². The van der Waals surface area contributed by atoms with Crippen LogP contribution in [0.5, 0.6) is 17.2 Å². The van der Waals surface area contributed by atoms with Crippen molar-refractivity contribution in [3.63, 3.8) is 0 Å². The highest BCUT2D eigenvalue weighted by atomic mass is 16.8. The van der Waals surface area contributed by atoms with Crippen molar-refractivity contribution in [1.29, 1.82) is 0 Å². The van der Waals surface area contributed by atoms with Crippen molar-refractivity contribution in [2.24, 2.45) is 0 Å². The number of esters is 1. The minimum absolute atomic E-state index is 0.119. The molecule has 9 heteroatoms. The number of carbonyl (C=O) groups excluding carboxylic acids is 2. The first-order valence-electron chi connectivity index (χ1n) is 9.33. The van der Waals surface area contributed by atoms with Crippen LogP contribution in [0, 0.1) is 0 Å². The molecule has 2 aromatic rings. The van der Waals surface area contributed by atoms with Gasteiger partial charge in [0, 0.05) is 12.5 Å². The fourth-order valence-corrected chi connectivity index (χ4v) is 3.68. The molecule has 0 aromatic heterocycles. The molecular weight excluding hydrogens is 396 g/mol. The summed E-state index contributed by atoms with van der Waals surface area (Å²) in [6, 6.07) is 10.5. The molecular formula is C21H20O9. The van der Waals surface area contributed by atoms with E-state index in [-0.39, 0.29) is 35.8 Å². The fraction of sp³-hybridized carbons (Fsp3) is 0.333. The Bertz CT molecular complexity index is 971. The number of ketones is 1. The fourth-order valence-electron chi connectivity index (χ4n) is 3.68. The highest BCUT2D eigenvalue weighted by Crippen LogP contribution is 2.44. The van der Waals surface area contributed by atoms with Crippen molar-refractivity contribution in [2.75, 3.05) is 6.61 Å². The molecule has 0 saturated carbocycles. The number of rotatable bonds is 5. The van der Waals surface area contributed by atoms with Crippen molar-refractivity contribution in [3.05, 3.63) is 53.6 Å². The standard InChI is InChI=1S/C21H20O9/c22-12-3-1-11(2-4-12)7-8-21(14-6-5-13(23)9-15(14)24)28-10-16(30-21)19-17(25)18(26)20(27)29-19/h1-6,9,16,18-19,22-24,26H,7-8,10H2. The first-order chi connectivity index (χ1) is 14.3. The first kappa shape index (κ1) is 20.1. The van der Waals surface area contributed by atoms with Crippen LogP contribution in [0.1, 0.15) is 17.5 Å². The van der Waals surface area contributed by atoms with Crippen LogP contribution in [0.25, 0.3) is 0 Å². The van der Waals surface area contributed by atoms with Crippen molar-refractivity contribution in [3.8, 4) is 17.2 Å². The number of carbonyl (C=O) groups is 2. The van der Waals surface area contributed by atoms with Gasteiger partial charge in [-0.25, -0.2) is 4.79 Å². The number of hydrogen-bond acceptors (Lipinski definition) is 9. The molecule has 2 heterocycles. The number of aromatic hydroxyl groups is 3. The maximum Gasteiger partial charge on any atom is 0.343 e. The van der Waals surface area contributed by atoms with E-state index in [1.165, 1.54) is 24.3 Å². The van der Waals surface area contributed by atoms with Crippen molar-refractivity contribution >= 4 is 11.8 Å². The van der Waals surface area contributed by atoms with Gasteiger partial charge in [-0.05, 0) is 36.2 Å². The summed E-state index contributed by atoms with van der Waals surface area (Å²) in [6.07, 6.45) is -3.51. The Balaban J connectivity index is 1.62. The monoisotopic (exact) mass is 416 g/mol. The second-order valence-corrected chi connectivity index (χ2v) is 7.25. The highest BCUT2D eigenvalue weighted by molar-refractivity contribution is 6.09. The lowest BCUT2D eigenvalue weighted by Gasteiger charge is -2.30. The molecule has 2 aliphatic heterocycles. The predicted molar refractivity (Wildman–Crippen MR) is 99.6 cm³/mol. The second-order valence-electron chi connectivity index (χ2n) is 7.25. The number of aliphatic hydroxyl groups excluding tert-OH is 1. The first-order valence-corrected chi connectivity index (χ1v) is 9.33. The molecule has 4 atom stereocenters. The zero-order valence-electron chi connectivity index (χ0n) is 15.7. The molecule has 0 radical (unpaired) electrons. The van der Waals surface area contributed by atoms with Gasteiger partial charge in [-0.3, -0.25) is 4.79 Å². The van der Waals surface area contributed by atoms with Crippen LogP contribution in [0.3, 0.4) is 0 Å². The average Bonchev–Trinajstić information content (AvgIpc) is 3.25. The molecule has 158 valence electrons. The number of aryl methyl sites for hydroxylation is 1. The number of phenolic OH excluding ortho intramolecular Hbond substituents is 3. The van der Waals surface area contributed by atoms with Crippen LogP contribution < -0.4 is 0 Å². The normalized spacial score (nSPS) is 28.6. The van der Waals surface area contributed by atoms with E-state index in [0.717, 1.165) is 11.6 Å². The van der Waals surface area contributed by atoms with E-state index in [1.54, 1.807) is 12.1 Å². The molecule has 2 fully saturated rings. The van der Waals surface area contributed by atoms with Gasteiger partial charge in [0.05, 0.1) is 12.2 Å². The van der Waals surface area contributed by atoms with Crippen molar-refractivity contribution in [1.82, 2.24) is 0 Å². The lowest BCUT2D eigenvalue weighted by Crippen LogP contribution is -2.38. The zero-order chi connectivity index (χ0) is 21.5. The van der Waals surface area contributed by atoms with Crippen molar-refractivity contribution < 1.29 is 44.2 Å². The van der Waals surface area contributed by atoms with Crippen LogP contribution in [0.2, 0.25) is 0 Å². The molecule has 2 aromatic carbocycles. The summed E-state index contributed by atoms with van der Waals surface area (Å²) >= 11 is 0.